The lowest BCUT2D eigenvalue weighted by molar-refractivity contribution is 0.199. The standard InChI is InChI=1S/C44H58NO6PSi/c1-25(2)46-33-19-39-42(22-36(33)49-28(7)8)53(32-17-15-31(16-18-32)45(13)14)43-23-37(50-29(9)10)34(47-26(3)4)20-40(43)52(39)41-21-35(48-27(5)6)38(24-44(41)53)51-30(11)12/h15-30H,1-14H3. The molecule has 0 atom stereocenters. The molecule has 4 aromatic carbocycles. The van der Waals surface area contributed by atoms with Crippen molar-refractivity contribution in [1.82, 2.24) is 0 Å². The van der Waals surface area contributed by atoms with Gasteiger partial charge in [0, 0.05) is 19.8 Å². The molecule has 0 aliphatic carbocycles. The smallest absolute Gasteiger partial charge is 0.182 e. The van der Waals surface area contributed by atoms with E-state index in [2.05, 4.69) is 163 Å². The molecule has 0 saturated carbocycles. The zero-order chi connectivity index (χ0) is 38.5. The number of hydrogen-bond donors (Lipinski definition) is 0. The minimum absolute atomic E-state index is 0.0240. The summed E-state index contributed by atoms with van der Waals surface area (Å²) in [5, 5.41) is 9.08. The summed E-state index contributed by atoms with van der Waals surface area (Å²) in [6, 6.07) is 22.9. The van der Waals surface area contributed by atoms with Crippen LogP contribution in [0.15, 0.2) is 60.7 Å². The van der Waals surface area contributed by atoms with Gasteiger partial charge in [-0.25, -0.2) is 0 Å². The van der Waals surface area contributed by atoms with E-state index in [0.717, 1.165) is 40.2 Å². The average Bonchev–Trinajstić information content (AvgIpc) is 3.04. The Bertz CT molecular complexity index is 1770. The van der Waals surface area contributed by atoms with Crippen molar-refractivity contribution in [1.29, 1.82) is 0 Å². The van der Waals surface area contributed by atoms with Gasteiger partial charge in [0.2, 0.25) is 0 Å². The molecule has 0 N–H and O–H groups in total. The monoisotopic (exact) mass is 755 g/mol. The van der Waals surface area contributed by atoms with Crippen molar-refractivity contribution in [2.24, 2.45) is 0 Å². The molecular formula is C44H58NO6PSi. The van der Waals surface area contributed by atoms with Crippen molar-refractivity contribution in [3.05, 3.63) is 60.7 Å². The summed E-state index contributed by atoms with van der Waals surface area (Å²) in [5.74, 6) is 4.63. The molecule has 3 heterocycles. The molecule has 0 radical (unpaired) electrons. The first-order valence-corrected chi connectivity index (χ1v) is 22.5. The number of ether oxygens (including phenoxy) is 6. The number of hydrogen-bond acceptors (Lipinski definition) is 7. The van der Waals surface area contributed by atoms with E-state index in [9.17, 15) is 0 Å². The van der Waals surface area contributed by atoms with Crippen molar-refractivity contribution in [2.45, 2.75) is 120 Å². The third-order valence-electron chi connectivity index (χ3n) is 9.11. The van der Waals surface area contributed by atoms with E-state index in [1.165, 1.54) is 36.7 Å². The molecule has 284 valence electrons. The summed E-state index contributed by atoms with van der Waals surface area (Å²) >= 11 is 0. The first kappa shape index (κ1) is 38.8. The molecule has 7 rings (SSSR count). The molecule has 4 aromatic rings. The van der Waals surface area contributed by atoms with E-state index in [1.54, 1.807) is 0 Å². The quantitative estimate of drug-likeness (QED) is 0.0965. The van der Waals surface area contributed by atoms with Gasteiger partial charge in [-0.15, -0.1) is 0 Å². The first-order valence-electron chi connectivity index (χ1n) is 19.1. The van der Waals surface area contributed by atoms with Gasteiger partial charge in [-0.2, -0.15) is 0 Å². The van der Waals surface area contributed by atoms with Gasteiger partial charge >= 0.3 is 0 Å². The van der Waals surface area contributed by atoms with Crippen LogP contribution in [0.4, 0.5) is 5.69 Å². The van der Waals surface area contributed by atoms with E-state index >= 15 is 0 Å². The van der Waals surface area contributed by atoms with Crippen LogP contribution >= 0.6 is 7.92 Å². The normalized spacial score (nSPS) is 17.0. The predicted molar refractivity (Wildman–Crippen MR) is 225 cm³/mol. The molecule has 0 spiro atoms. The van der Waals surface area contributed by atoms with Crippen LogP contribution in [0.3, 0.4) is 0 Å². The maximum atomic E-state index is 6.61. The Morgan fingerprint density at radius 3 is 0.925 bits per heavy atom. The second kappa shape index (κ2) is 15.1. The summed E-state index contributed by atoms with van der Waals surface area (Å²) in [5.41, 5.74) is 1.15. The van der Waals surface area contributed by atoms with Crippen molar-refractivity contribution in [2.75, 3.05) is 19.0 Å². The van der Waals surface area contributed by atoms with Crippen LogP contribution in [-0.2, 0) is 0 Å². The number of anilines is 1. The van der Waals surface area contributed by atoms with E-state index in [0.29, 0.717) is 0 Å². The van der Waals surface area contributed by atoms with Gasteiger partial charge in [0.15, 0.2) is 42.6 Å². The Kier molecular flexibility index (Phi) is 11.1. The minimum Gasteiger partial charge on any atom is -0.487 e. The van der Waals surface area contributed by atoms with Gasteiger partial charge in [-0.3, -0.25) is 0 Å². The molecule has 0 aromatic heterocycles. The summed E-state index contributed by atoms with van der Waals surface area (Å²) in [4.78, 5) is 2.15. The van der Waals surface area contributed by atoms with Crippen LogP contribution in [-0.4, -0.2) is 58.8 Å². The molecule has 7 nitrogen and oxygen atoms in total. The minimum atomic E-state index is -3.13. The highest BCUT2D eigenvalue weighted by Crippen LogP contribution is 2.47. The maximum absolute atomic E-state index is 6.61. The molecule has 0 unspecified atom stereocenters. The molecule has 2 bridgehead atoms. The molecule has 0 amide bonds. The Hall–Kier alpha value is -3.87. The molecular weight excluding hydrogens is 698 g/mol. The maximum Gasteiger partial charge on any atom is 0.182 e. The van der Waals surface area contributed by atoms with Crippen LogP contribution < -0.4 is 70.0 Å². The third-order valence-corrected chi connectivity index (χ3v) is 17.2. The Morgan fingerprint density at radius 1 is 0.415 bits per heavy atom. The lowest BCUT2D eigenvalue weighted by Crippen LogP contribution is -2.86. The van der Waals surface area contributed by atoms with Gasteiger partial charge in [0.25, 0.3) is 0 Å². The lowest BCUT2D eigenvalue weighted by atomic mass is 10.2. The van der Waals surface area contributed by atoms with E-state index in [1.807, 2.05) is 0 Å². The fraction of sp³-hybridized carbons (Fsp3) is 0.455. The zero-order valence-electron chi connectivity index (χ0n) is 34.1. The molecule has 0 fully saturated rings. The summed E-state index contributed by atoms with van der Waals surface area (Å²) in [6.07, 6.45) is -0.172. The fourth-order valence-corrected chi connectivity index (χ4v) is 17.3. The fourth-order valence-electron chi connectivity index (χ4n) is 7.48. The van der Waals surface area contributed by atoms with E-state index < -0.39 is 16.0 Å². The zero-order valence-corrected chi connectivity index (χ0v) is 36.0. The van der Waals surface area contributed by atoms with Crippen LogP contribution in [0.25, 0.3) is 0 Å². The highest BCUT2D eigenvalue weighted by atomic mass is 31.1. The highest BCUT2D eigenvalue weighted by Gasteiger charge is 2.56. The van der Waals surface area contributed by atoms with Gasteiger partial charge in [-0.05, 0) is 176 Å². The SMILES string of the molecule is CC(C)Oc1cc2c(cc1OC(C)C)[Si]1(c3ccc(N(C)C)cc3)c3cc(OC(C)C)c(OC(C)C)cc3P2c2cc(OC(C)C)c(OC(C)C)cc21. The van der Waals surface area contributed by atoms with Crippen molar-refractivity contribution < 1.29 is 28.4 Å². The van der Waals surface area contributed by atoms with Crippen molar-refractivity contribution in [3.63, 3.8) is 0 Å². The molecule has 3 aliphatic rings. The van der Waals surface area contributed by atoms with Crippen LogP contribution in [0.1, 0.15) is 83.1 Å². The van der Waals surface area contributed by atoms with E-state index in [-0.39, 0.29) is 36.6 Å². The van der Waals surface area contributed by atoms with Gasteiger partial charge in [-0.1, -0.05) is 12.1 Å². The lowest BCUT2D eigenvalue weighted by Gasteiger charge is -2.50. The second-order valence-corrected chi connectivity index (χ2v) is 21.8. The van der Waals surface area contributed by atoms with E-state index in [4.69, 9.17) is 28.4 Å². The highest BCUT2D eigenvalue weighted by molar-refractivity contribution is 7.83. The Labute approximate surface area is 319 Å². The first-order chi connectivity index (χ1) is 25.0. The summed E-state index contributed by atoms with van der Waals surface area (Å²) < 4.78 is 39.5. The predicted octanol–water partition coefficient (Wildman–Crippen LogP) is 6.24. The van der Waals surface area contributed by atoms with Crippen LogP contribution in [0, 0.1) is 0 Å². The van der Waals surface area contributed by atoms with Crippen LogP contribution in [0.5, 0.6) is 34.5 Å². The molecule has 53 heavy (non-hydrogen) atoms. The number of rotatable bonds is 14. The van der Waals surface area contributed by atoms with Crippen LogP contribution in [0.2, 0.25) is 0 Å². The largest absolute Gasteiger partial charge is 0.487 e. The topological polar surface area (TPSA) is 58.6 Å². The Morgan fingerprint density at radius 2 is 0.679 bits per heavy atom. The molecule has 9 heteroatoms. The van der Waals surface area contributed by atoms with Gasteiger partial charge < -0.3 is 33.3 Å². The molecule has 0 saturated heterocycles. The Balaban J connectivity index is 1.82. The third kappa shape index (κ3) is 7.34. The number of nitrogens with zero attached hydrogens (tertiary/aromatic N) is 1. The summed E-state index contributed by atoms with van der Waals surface area (Å²) in [6.45, 7) is 24.9. The molecule has 3 aliphatic heterocycles. The van der Waals surface area contributed by atoms with Crippen molar-refractivity contribution in [3.8, 4) is 34.5 Å². The number of benzene rings is 4. The summed E-state index contributed by atoms with van der Waals surface area (Å²) in [7, 11) is -0.0516. The average molecular weight is 756 g/mol. The van der Waals surface area contributed by atoms with Gasteiger partial charge in [0.05, 0.1) is 36.6 Å². The van der Waals surface area contributed by atoms with Gasteiger partial charge in [0.1, 0.15) is 0 Å². The van der Waals surface area contributed by atoms with Crippen molar-refractivity contribution >= 4 is 58.3 Å². The second-order valence-electron chi connectivity index (χ2n) is 16.0.